The normalized spacial score (nSPS) is 11.0. The molecule has 0 fully saturated rings. The maximum atomic E-state index is 9.57. The van der Waals surface area contributed by atoms with E-state index < -0.39 is 12.0 Å². The van der Waals surface area contributed by atoms with Crippen LogP contribution in [0.15, 0.2) is 0 Å². The van der Waals surface area contributed by atoms with Gasteiger partial charge in [0.2, 0.25) is 0 Å². The summed E-state index contributed by atoms with van der Waals surface area (Å²) in [6.45, 7) is 5.42. The van der Waals surface area contributed by atoms with Crippen LogP contribution in [0.25, 0.3) is 0 Å². The van der Waals surface area contributed by atoms with E-state index in [1.54, 1.807) is 0 Å². The van der Waals surface area contributed by atoms with Crippen LogP contribution in [0, 0.1) is 0 Å². The predicted molar refractivity (Wildman–Crippen MR) is 32.6 cm³/mol. The second kappa shape index (κ2) is 6.43. The van der Waals surface area contributed by atoms with Gasteiger partial charge >= 0.3 is 5.97 Å². The number of carboxylic acids is 1. The van der Waals surface area contributed by atoms with Gasteiger partial charge in [0.1, 0.15) is 6.04 Å². The maximum absolute atomic E-state index is 9.57. The molecule has 0 aromatic heterocycles. The summed E-state index contributed by atoms with van der Waals surface area (Å²) in [5.41, 5.74) is 4.84. The quantitative estimate of drug-likeness (QED) is 0.526. The number of aliphatic carboxylic acids is 1. The Kier molecular flexibility index (Phi) is 8.37. The topological polar surface area (TPSA) is 63.3 Å². The summed E-state index contributed by atoms with van der Waals surface area (Å²) < 4.78 is 0. The van der Waals surface area contributed by atoms with Gasteiger partial charge in [0.05, 0.1) is 0 Å². The Morgan fingerprint density at radius 3 is 1.75 bits per heavy atom. The summed E-state index contributed by atoms with van der Waals surface area (Å²) in [5.74, 6) is -0.963. The monoisotopic (exact) mass is 119 g/mol. The Bertz CT molecular complexity index is 61.4. The van der Waals surface area contributed by atoms with Crippen LogP contribution in [-0.2, 0) is 4.79 Å². The van der Waals surface area contributed by atoms with Gasteiger partial charge in [-0.1, -0.05) is 13.8 Å². The number of carbonyl (C=O) groups is 1. The fraction of sp³-hybridized carbons (Fsp3) is 0.800. The Hall–Kier alpha value is -0.570. The molecule has 0 saturated heterocycles. The number of hydrogen-bond acceptors (Lipinski definition) is 2. The average Bonchev–Trinajstić information content (AvgIpc) is 1.72. The van der Waals surface area contributed by atoms with Gasteiger partial charge < -0.3 is 10.8 Å². The van der Waals surface area contributed by atoms with Crippen LogP contribution in [0.3, 0.4) is 0 Å². The smallest absolute Gasteiger partial charge is 0.320 e. The first-order valence-electron chi connectivity index (χ1n) is 2.63. The summed E-state index contributed by atoms with van der Waals surface area (Å²) in [6, 6.07) is -0.731. The Labute approximate surface area is 49.5 Å². The molecule has 3 nitrogen and oxygen atoms in total. The summed E-state index contributed by atoms with van der Waals surface area (Å²) in [4.78, 5) is 9.57. The van der Waals surface area contributed by atoms with Crippen LogP contribution in [-0.4, -0.2) is 17.1 Å². The van der Waals surface area contributed by atoms with Gasteiger partial charge in [-0.15, -0.1) is 0 Å². The fourth-order valence-corrected chi connectivity index (χ4v) is 0. The van der Waals surface area contributed by atoms with E-state index >= 15 is 0 Å². The molecule has 0 aliphatic rings. The molecule has 0 unspecified atom stereocenters. The van der Waals surface area contributed by atoms with Crippen molar-refractivity contribution in [2.45, 2.75) is 26.8 Å². The molecular formula is C5H13NO2. The van der Waals surface area contributed by atoms with Gasteiger partial charge in [0.15, 0.2) is 0 Å². The lowest BCUT2D eigenvalue weighted by molar-refractivity contribution is -0.138. The molecule has 0 bridgehead atoms. The molecule has 50 valence electrons. The van der Waals surface area contributed by atoms with E-state index in [0.29, 0.717) is 0 Å². The minimum absolute atomic E-state index is 0.731. The summed E-state index contributed by atoms with van der Waals surface area (Å²) in [5, 5.41) is 7.87. The van der Waals surface area contributed by atoms with Crippen LogP contribution >= 0.6 is 0 Å². The van der Waals surface area contributed by atoms with Gasteiger partial charge in [-0.3, -0.25) is 4.79 Å². The van der Waals surface area contributed by atoms with E-state index in [1.807, 2.05) is 13.8 Å². The zero-order valence-electron chi connectivity index (χ0n) is 5.51. The highest BCUT2D eigenvalue weighted by molar-refractivity contribution is 5.72. The third-order valence-electron chi connectivity index (χ3n) is 0.390. The summed E-state index contributed by atoms with van der Waals surface area (Å²) >= 11 is 0. The van der Waals surface area contributed by atoms with Gasteiger partial charge in [0, 0.05) is 0 Å². The first kappa shape index (κ1) is 10.4. The molecule has 1 atom stereocenters. The van der Waals surface area contributed by atoms with Crippen molar-refractivity contribution in [3.63, 3.8) is 0 Å². The largest absolute Gasteiger partial charge is 0.480 e. The van der Waals surface area contributed by atoms with Gasteiger partial charge in [-0.05, 0) is 6.92 Å². The minimum Gasteiger partial charge on any atom is -0.480 e. The Balaban J connectivity index is 0. The van der Waals surface area contributed by atoms with E-state index in [0.717, 1.165) is 0 Å². The molecule has 3 N–H and O–H groups in total. The van der Waals surface area contributed by atoms with Crippen LogP contribution in [0.5, 0.6) is 0 Å². The van der Waals surface area contributed by atoms with Crippen molar-refractivity contribution in [1.82, 2.24) is 0 Å². The highest BCUT2D eigenvalue weighted by Gasteiger charge is 1.99. The lowest BCUT2D eigenvalue weighted by atomic mass is 10.4. The zero-order chi connectivity index (χ0) is 7.15. The third-order valence-corrected chi connectivity index (χ3v) is 0.390. The molecule has 3 heteroatoms. The predicted octanol–water partition coefficient (Wildman–Crippen LogP) is 0.444. The number of carboxylic acid groups (broad SMARTS) is 1. The van der Waals surface area contributed by atoms with Crippen molar-refractivity contribution in [2.24, 2.45) is 5.73 Å². The fourth-order valence-electron chi connectivity index (χ4n) is 0. The summed E-state index contributed by atoms with van der Waals surface area (Å²) in [6.07, 6.45) is 0. The third kappa shape index (κ3) is 9.06. The van der Waals surface area contributed by atoms with Crippen molar-refractivity contribution >= 4 is 5.97 Å². The number of hydrogen-bond donors (Lipinski definition) is 2. The maximum Gasteiger partial charge on any atom is 0.320 e. The number of rotatable bonds is 1. The molecule has 0 aliphatic heterocycles. The standard InChI is InChI=1S/C3H7NO2.C2H6/c1-2(4)3(5)6;1-2/h2H,4H2,1H3,(H,5,6);1-2H3/t2-;/m0./s1. The van der Waals surface area contributed by atoms with Crippen LogP contribution < -0.4 is 5.73 Å². The van der Waals surface area contributed by atoms with E-state index in [2.05, 4.69) is 0 Å². The van der Waals surface area contributed by atoms with Crippen molar-refractivity contribution in [3.05, 3.63) is 0 Å². The minimum atomic E-state index is -0.963. The molecule has 0 radical (unpaired) electrons. The molecule has 8 heavy (non-hydrogen) atoms. The second-order valence-electron chi connectivity index (χ2n) is 1.13. The molecule has 0 aromatic carbocycles. The van der Waals surface area contributed by atoms with Gasteiger partial charge in [0.25, 0.3) is 0 Å². The van der Waals surface area contributed by atoms with E-state index in [9.17, 15) is 4.79 Å². The molecule has 0 amide bonds. The molecule has 0 aliphatic carbocycles. The van der Waals surface area contributed by atoms with Crippen LogP contribution in [0.2, 0.25) is 0 Å². The van der Waals surface area contributed by atoms with E-state index in [4.69, 9.17) is 10.8 Å². The molecule has 0 rings (SSSR count). The highest BCUT2D eigenvalue weighted by atomic mass is 16.4. The van der Waals surface area contributed by atoms with Crippen LogP contribution in [0.1, 0.15) is 20.8 Å². The summed E-state index contributed by atoms with van der Waals surface area (Å²) in [7, 11) is 0. The Morgan fingerprint density at radius 2 is 1.75 bits per heavy atom. The first-order valence-corrected chi connectivity index (χ1v) is 2.63. The molecular weight excluding hydrogens is 106 g/mol. The van der Waals surface area contributed by atoms with Crippen molar-refractivity contribution in [2.75, 3.05) is 0 Å². The molecule has 0 aromatic rings. The molecule has 0 spiro atoms. The molecule has 0 saturated carbocycles. The van der Waals surface area contributed by atoms with Crippen molar-refractivity contribution < 1.29 is 9.90 Å². The molecule has 0 heterocycles. The zero-order valence-corrected chi connectivity index (χ0v) is 5.51. The average molecular weight is 119 g/mol. The number of nitrogens with two attached hydrogens (primary N) is 1. The van der Waals surface area contributed by atoms with Crippen LogP contribution in [0.4, 0.5) is 0 Å². The van der Waals surface area contributed by atoms with E-state index in [-0.39, 0.29) is 0 Å². The highest BCUT2D eigenvalue weighted by Crippen LogP contribution is 1.68. The van der Waals surface area contributed by atoms with E-state index in [1.165, 1.54) is 6.92 Å². The van der Waals surface area contributed by atoms with Crippen molar-refractivity contribution in [1.29, 1.82) is 0 Å². The Morgan fingerprint density at radius 1 is 1.62 bits per heavy atom. The first-order chi connectivity index (χ1) is 3.64. The van der Waals surface area contributed by atoms with Crippen molar-refractivity contribution in [3.8, 4) is 0 Å². The van der Waals surface area contributed by atoms with Gasteiger partial charge in [-0.2, -0.15) is 0 Å². The SMILES string of the molecule is CC.C[C@H](N)C(=O)O. The van der Waals surface area contributed by atoms with Gasteiger partial charge in [-0.25, -0.2) is 0 Å². The lowest BCUT2D eigenvalue weighted by Crippen LogP contribution is -2.25. The second-order valence-corrected chi connectivity index (χ2v) is 1.13. The lowest BCUT2D eigenvalue weighted by Gasteiger charge is -1.90.